The molecule has 0 fully saturated rings. The number of fused-ring (bicyclic) bond motifs is 1. The molecule has 0 aliphatic rings. The Morgan fingerprint density at radius 3 is 3.06 bits per heavy atom. The second-order valence-electron chi connectivity index (χ2n) is 3.37. The molecule has 0 aromatic carbocycles. The van der Waals surface area contributed by atoms with E-state index in [-0.39, 0.29) is 6.61 Å². The minimum atomic E-state index is -0.0996. The molecule has 92 valence electrons. The number of thiazole rings is 1. The first-order valence-electron chi connectivity index (χ1n) is 5.01. The van der Waals surface area contributed by atoms with Gasteiger partial charge in [-0.3, -0.25) is 4.40 Å². The Labute approximate surface area is 115 Å². The van der Waals surface area contributed by atoms with Crippen LogP contribution < -0.4 is 0 Å². The van der Waals surface area contributed by atoms with Crippen molar-refractivity contribution in [2.45, 2.75) is 16.1 Å². The molecule has 0 bridgehead atoms. The zero-order chi connectivity index (χ0) is 12.5. The van der Waals surface area contributed by atoms with Gasteiger partial charge in [-0.15, -0.1) is 21.5 Å². The molecular formula is C10H7ClN4OS2. The summed E-state index contributed by atoms with van der Waals surface area (Å²) in [6.45, 7) is -0.0996. The standard InChI is InChI=1S/C10H7ClN4OS2/c11-8-6(5-16)17-10(12-8)18-9-14-13-7-3-1-2-4-15(7)9/h1-4,16H,5H2. The summed E-state index contributed by atoms with van der Waals surface area (Å²) in [7, 11) is 0. The summed E-state index contributed by atoms with van der Waals surface area (Å²) in [5.74, 6) is 0. The number of pyridine rings is 1. The zero-order valence-corrected chi connectivity index (χ0v) is 11.3. The van der Waals surface area contributed by atoms with Crippen LogP contribution >= 0.6 is 34.7 Å². The number of aromatic nitrogens is 4. The van der Waals surface area contributed by atoms with Crippen LogP contribution in [0.25, 0.3) is 5.65 Å². The van der Waals surface area contributed by atoms with E-state index in [0.717, 1.165) is 15.1 Å². The number of hydrogen-bond acceptors (Lipinski definition) is 6. The molecule has 3 heterocycles. The van der Waals surface area contributed by atoms with Crippen molar-refractivity contribution < 1.29 is 5.11 Å². The summed E-state index contributed by atoms with van der Waals surface area (Å²) in [5, 5.41) is 18.3. The van der Waals surface area contributed by atoms with E-state index in [1.165, 1.54) is 23.1 Å². The van der Waals surface area contributed by atoms with Crippen LogP contribution in [0, 0.1) is 0 Å². The molecule has 1 N–H and O–H groups in total. The number of nitrogens with zero attached hydrogens (tertiary/aromatic N) is 4. The molecule has 5 nitrogen and oxygen atoms in total. The Bertz CT molecular complexity index is 696. The van der Waals surface area contributed by atoms with Crippen molar-refractivity contribution in [2.24, 2.45) is 0 Å². The average Bonchev–Trinajstić information content (AvgIpc) is 2.94. The van der Waals surface area contributed by atoms with E-state index in [4.69, 9.17) is 16.7 Å². The maximum absolute atomic E-state index is 9.07. The molecule has 18 heavy (non-hydrogen) atoms. The molecule has 0 aliphatic heterocycles. The van der Waals surface area contributed by atoms with Crippen molar-refractivity contribution >= 4 is 40.3 Å². The quantitative estimate of drug-likeness (QED) is 0.805. The Hall–Kier alpha value is -1.15. The van der Waals surface area contributed by atoms with Crippen LogP contribution in [-0.2, 0) is 6.61 Å². The lowest BCUT2D eigenvalue weighted by atomic mass is 10.5. The third kappa shape index (κ3) is 2.10. The highest BCUT2D eigenvalue weighted by Crippen LogP contribution is 2.34. The monoisotopic (exact) mass is 298 g/mol. The lowest BCUT2D eigenvalue weighted by Gasteiger charge is -1.95. The van der Waals surface area contributed by atoms with Crippen LogP contribution in [-0.4, -0.2) is 24.7 Å². The summed E-state index contributed by atoms with van der Waals surface area (Å²) in [6.07, 6.45) is 1.89. The zero-order valence-electron chi connectivity index (χ0n) is 8.95. The van der Waals surface area contributed by atoms with Crippen molar-refractivity contribution in [1.82, 2.24) is 19.6 Å². The number of hydrogen-bond donors (Lipinski definition) is 1. The SMILES string of the molecule is OCc1sc(Sc2nnc3ccccn23)nc1Cl. The first kappa shape index (κ1) is 11.9. The van der Waals surface area contributed by atoms with Crippen molar-refractivity contribution in [3.63, 3.8) is 0 Å². The van der Waals surface area contributed by atoms with Crippen LogP contribution in [0.5, 0.6) is 0 Å². The predicted molar refractivity (Wildman–Crippen MR) is 70.2 cm³/mol. The second-order valence-corrected chi connectivity index (χ2v) is 6.02. The van der Waals surface area contributed by atoms with Gasteiger partial charge in [-0.05, 0) is 23.9 Å². The van der Waals surface area contributed by atoms with Gasteiger partial charge in [-0.25, -0.2) is 4.98 Å². The lowest BCUT2D eigenvalue weighted by molar-refractivity contribution is 0.285. The van der Waals surface area contributed by atoms with Gasteiger partial charge in [0.2, 0.25) is 5.16 Å². The van der Waals surface area contributed by atoms with Crippen LogP contribution in [0.15, 0.2) is 33.9 Å². The minimum absolute atomic E-state index is 0.0996. The fraction of sp³-hybridized carbons (Fsp3) is 0.100. The topological polar surface area (TPSA) is 63.3 Å². The minimum Gasteiger partial charge on any atom is -0.391 e. The number of aliphatic hydroxyl groups is 1. The maximum atomic E-state index is 9.07. The summed E-state index contributed by atoms with van der Waals surface area (Å²) < 4.78 is 2.61. The molecule has 0 spiro atoms. The Morgan fingerprint density at radius 2 is 2.28 bits per heavy atom. The molecule has 3 rings (SSSR count). The third-order valence-electron chi connectivity index (χ3n) is 2.23. The fourth-order valence-electron chi connectivity index (χ4n) is 1.42. The van der Waals surface area contributed by atoms with E-state index >= 15 is 0 Å². The van der Waals surface area contributed by atoms with Crippen molar-refractivity contribution in [1.29, 1.82) is 0 Å². The number of halogens is 1. The average molecular weight is 299 g/mol. The molecule has 0 atom stereocenters. The largest absolute Gasteiger partial charge is 0.391 e. The normalized spacial score (nSPS) is 11.2. The molecule has 0 radical (unpaired) electrons. The van der Waals surface area contributed by atoms with Gasteiger partial charge < -0.3 is 5.11 Å². The van der Waals surface area contributed by atoms with E-state index in [1.54, 1.807) is 0 Å². The van der Waals surface area contributed by atoms with E-state index in [2.05, 4.69) is 15.2 Å². The lowest BCUT2D eigenvalue weighted by Crippen LogP contribution is -1.85. The van der Waals surface area contributed by atoms with Gasteiger partial charge in [0, 0.05) is 6.20 Å². The Balaban J connectivity index is 1.96. The summed E-state index contributed by atoms with van der Waals surface area (Å²) in [6, 6.07) is 5.70. The van der Waals surface area contributed by atoms with Gasteiger partial charge in [-0.1, -0.05) is 17.7 Å². The highest BCUT2D eigenvalue weighted by atomic mass is 35.5. The van der Waals surface area contributed by atoms with Crippen LogP contribution in [0.3, 0.4) is 0 Å². The summed E-state index contributed by atoms with van der Waals surface area (Å²) >= 11 is 8.62. The smallest absolute Gasteiger partial charge is 0.202 e. The maximum Gasteiger partial charge on any atom is 0.202 e. The van der Waals surface area contributed by atoms with Gasteiger partial charge in [0.25, 0.3) is 0 Å². The van der Waals surface area contributed by atoms with Crippen molar-refractivity contribution in [2.75, 3.05) is 0 Å². The highest BCUT2D eigenvalue weighted by Gasteiger charge is 2.13. The number of rotatable bonds is 3. The Kier molecular flexibility index (Phi) is 3.21. The molecule has 8 heteroatoms. The first-order chi connectivity index (χ1) is 8.78. The summed E-state index contributed by atoms with van der Waals surface area (Å²) in [5.41, 5.74) is 0.782. The van der Waals surface area contributed by atoms with Gasteiger partial charge in [0.05, 0.1) is 11.5 Å². The summed E-state index contributed by atoms with van der Waals surface area (Å²) in [4.78, 5) is 4.83. The molecule has 0 amide bonds. The number of aliphatic hydroxyl groups excluding tert-OH is 1. The van der Waals surface area contributed by atoms with Crippen LogP contribution in [0.1, 0.15) is 4.88 Å². The van der Waals surface area contributed by atoms with Crippen LogP contribution in [0.2, 0.25) is 5.15 Å². The van der Waals surface area contributed by atoms with Gasteiger partial charge in [0.15, 0.2) is 9.99 Å². The van der Waals surface area contributed by atoms with E-state index in [9.17, 15) is 0 Å². The molecule has 0 saturated heterocycles. The molecular weight excluding hydrogens is 292 g/mol. The molecule has 3 aromatic rings. The molecule has 0 saturated carbocycles. The predicted octanol–water partition coefficient (Wildman–Crippen LogP) is 2.48. The Morgan fingerprint density at radius 1 is 1.39 bits per heavy atom. The third-order valence-corrected chi connectivity index (χ3v) is 4.72. The van der Waals surface area contributed by atoms with E-state index in [0.29, 0.717) is 10.0 Å². The van der Waals surface area contributed by atoms with Gasteiger partial charge in [0.1, 0.15) is 5.15 Å². The second kappa shape index (κ2) is 4.85. The van der Waals surface area contributed by atoms with E-state index in [1.807, 2.05) is 28.8 Å². The highest BCUT2D eigenvalue weighted by molar-refractivity contribution is 8.00. The van der Waals surface area contributed by atoms with Gasteiger partial charge in [-0.2, -0.15) is 0 Å². The van der Waals surface area contributed by atoms with E-state index < -0.39 is 0 Å². The molecule has 0 unspecified atom stereocenters. The van der Waals surface area contributed by atoms with Gasteiger partial charge >= 0.3 is 0 Å². The molecule has 0 aliphatic carbocycles. The van der Waals surface area contributed by atoms with Crippen LogP contribution in [0.4, 0.5) is 0 Å². The first-order valence-corrected chi connectivity index (χ1v) is 7.02. The van der Waals surface area contributed by atoms with Crippen molar-refractivity contribution in [3.05, 3.63) is 34.4 Å². The molecule has 3 aromatic heterocycles. The fourth-order valence-corrected chi connectivity index (χ4v) is 3.64. The van der Waals surface area contributed by atoms with Crippen molar-refractivity contribution in [3.8, 4) is 0 Å².